The summed E-state index contributed by atoms with van der Waals surface area (Å²) >= 11 is 5.89. The van der Waals surface area contributed by atoms with Crippen LogP contribution in [0.25, 0.3) is 0 Å². The predicted molar refractivity (Wildman–Crippen MR) is 89.2 cm³/mol. The highest BCUT2D eigenvalue weighted by Gasteiger charge is 2.21. The van der Waals surface area contributed by atoms with E-state index in [9.17, 15) is 14.7 Å². The molecule has 7 nitrogen and oxygen atoms in total. The maximum Gasteiger partial charge on any atom is 0.321 e. The van der Waals surface area contributed by atoms with Crippen molar-refractivity contribution in [1.82, 2.24) is 10.6 Å². The molecule has 1 atom stereocenters. The summed E-state index contributed by atoms with van der Waals surface area (Å²) in [7, 11) is 3.29. The number of methoxy groups -OCH3 is 1. The monoisotopic (exact) mass is 343 g/mol. The van der Waals surface area contributed by atoms with E-state index in [4.69, 9.17) is 16.3 Å². The van der Waals surface area contributed by atoms with Gasteiger partial charge in [-0.2, -0.15) is 0 Å². The van der Waals surface area contributed by atoms with Crippen LogP contribution in [0.2, 0.25) is 5.02 Å². The predicted octanol–water partition coefficient (Wildman–Crippen LogP) is 1.33. The molecule has 1 amide bonds. The minimum atomic E-state index is -1.07. The maximum atomic E-state index is 12.1. The van der Waals surface area contributed by atoms with E-state index >= 15 is 0 Å². The van der Waals surface area contributed by atoms with Crippen molar-refractivity contribution in [3.63, 3.8) is 0 Å². The second-order valence-corrected chi connectivity index (χ2v) is 5.34. The summed E-state index contributed by atoms with van der Waals surface area (Å²) in [5.74, 6) is -1.04. The van der Waals surface area contributed by atoms with Crippen molar-refractivity contribution in [3.8, 4) is 5.75 Å². The Morgan fingerprint density at radius 1 is 1.35 bits per heavy atom. The number of halogens is 1. The third-order valence-corrected chi connectivity index (χ3v) is 3.35. The van der Waals surface area contributed by atoms with Crippen LogP contribution in [0.1, 0.15) is 12.8 Å². The number of carboxylic acid groups (broad SMARTS) is 1. The van der Waals surface area contributed by atoms with Gasteiger partial charge in [-0.3, -0.25) is 9.59 Å². The Bertz CT molecular complexity index is 539. The first-order valence-electron chi connectivity index (χ1n) is 7.22. The highest BCUT2D eigenvalue weighted by molar-refractivity contribution is 6.31. The van der Waals surface area contributed by atoms with Gasteiger partial charge in [0.1, 0.15) is 11.8 Å². The molecular formula is C15H22ClN3O4. The standard InChI is InChI=1S/C15H22ClN3O4/c1-17-6-3-7-18-12(15(21)22)9-14(20)19-11-8-10(16)4-5-13(11)23-2/h4-5,8,12,17-18H,3,6-7,9H2,1-2H3,(H,19,20)(H,21,22). The minimum absolute atomic E-state index is 0.190. The minimum Gasteiger partial charge on any atom is -0.495 e. The van der Waals surface area contributed by atoms with Crippen LogP contribution >= 0.6 is 11.6 Å². The van der Waals surface area contributed by atoms with Gasteiger partial charge in [-0.25, -0.2) is 0 Å². The quantitative estimate of drug-likeness (QED) is 0.478. The summed E-state index contributed by atoms with van der Waals surface area (Å²) in [6.07, 6.45) is 0.578. The van der Waals surface area contributed by atoms with Crippen LogP contribution < -0.4 is 20.7 Å². The number of anilines is 1. The van der Waals surface area contributed by atoms with Crippen molar-refractivity contribution >= 4 is 29.2 Å². The van der Waals surface area contributed by atoms with Crippen LogP contribution in [0.15, 0.2) is 18.2 Å². The van der Waals surface area contributed by atoms with E-state index < -0.39 is 17.9 Å². The second-order valence-electron chi connectivity index (χ2n) is 4.90. The highest BCUT2D eigenvalue weighted by Crippen LogP contribution is 2.27. The molecule has 0 fully saturated rings. The van der Waals surface area contributed by atoms with Gasteiger partial charge in [0.15, 0.2) is 0 Å². The summed E-state index contributed by atoms with van der Waals surface area (Å²) in [5, 5.41) is 18.1. The first-order valence-corrected chi connectivity index (χ1v) is 7.60. The van der Waals surface area contributed by atoms with E-state index in [0.29, 0.717) is 23.0 Å². The number of carbonyl (C=O) groups excluding carboxylic acids is 1. The Hall–Kier alpha value is -1.83. The van der Waals surface area contributed by atoms with Gasteiger partial charge >= 0.3 is 5.97 Å². The molecule has 0 aliphatic rings. The number of hydrogen-bond acceptors (Lipinski definition) is 5. The van der Waals surface area contributed by atoms with Gasteiger partial charge in [0.2, 0.25) is 5.91 Å². The van der Waals surface area contributed by atoms with Crippen LogP contribution in [0.5, 0.6) is 5.75 Å². The Labute approximate surface area is 140 Å². The van der Waals surface area contributed by atoms with Crippen LogP contribution in [0, 0.1) is 0 Å². The highest BCUT2D eigenvalue weighted by atomic mass is 35.5. The van der Waals surface area contributed by atoms with Gasteiger partial charge in [0.25, 0.3) is 0 Å². The molecule has 1 rings (SSSR count). The molecule has 0 saturated heterocycles. The molecule has 0 radical (unpaired) electrons. The molecule has 1 unspecified atom stereocenters. The number of ether oxygens (including phenoxy) is 1. The third-order valence-electron chi connectivity index (χ3n) is 3.12. The zero-order chi connectivity index (χ0) is 17.2. The van der Waals surface area contributed by atoms with Crippen LogP contribution in [-0.4, -0.2) is 50.3 Å². The molecule has 8 heteroatoms. The number of rotatable bonds is 10. The lowest BCUT2D eigenvalue weighted by Gasteiger charge is -2.15. The molecule has 1 aromatic rings. The number of nitrogens with one attached hydrogen (secondary N) is 3. The van der Waals surface area contributed by atoms with Gasteiger partial charge in [-0.05, 0) is 44.8 Å². The van der Waals surface area contributed by atoms with Gasteiger partial charge < -0.3 is 25.8 Å². The molecule has 4 N–H and O–H groups in total. The summed E-state index contributed by atoms with van der Waals surface area (Å²) in [6, 6.07) is 3.87. The van der Waals surface area contributed by atoms with E-state index in [0.717, 1.165) is 13.0 Å². The largest absolute Gasteiger partial charge is 0.495 e. The number of carboxylic acids is 1. The average Bonchev–Trinajstić information content (AvgIpc) is 2.50. The van der Waals surface area contributed by atoms with Crippen molar-refractivity contribution in [2.45, 2.75) is 18.9 Å². The first kappa shape index (κ1) is 19.2. The first-order chi connectivity index (χ1) is 11.0. The van der Waals surface area contributed by atoms with E-state index in [1.165, 1.54) is 7.11 Å². The fourth-order valence-corrected chi connectivity index (χ4v) is 2.12. The van der Waals surface area contributed by atoms with E-state index in [1.807, 2.05) is 7.05 Å². The Morgan fingerprint density at radius 3 is 2.70 bits per heavy atom. The molecule has 0 saturated carbocycles. The zero-order valence-electron chi connectivity index (χ0n) is 13.2. The van der Waals surface area contributed by atoms with Crippen molar-refractivity contribution in [1.29, 1.82) is 0 Å². The molecular weight excluding hydrogens is 322 g/mol. The summed E-state index contributed by atoms with van der Waals surface area (Å²) in [6.45, 7) is 1.27. The van der Waals surface area contributed by atoms with Gasteiger partial charge in [0, 0.05) is 5.02 Å². The summed E-state index contributed by atoms with van der Waals surface area (Å²) in [4.78, 5) is 23.3. The molecule has 0 spiro atoms. The third kappa shape index (κ3) is 6.85. The van der Waals surface area contributed by atoms with Gasteiger partial charge in [-0.15, -0.1) is 0 Å². The zero-order valence-corrected chi connectivity index (χ0v) is 13.9. The number of aliphatic carboxylic acids is 1. The van der Waals surface area contributed by atoms with Crippen LogP contribution in [-0.2, 0) is 9.59 Å². The molecule has 1 aromatic carbocycles. The smallest absolute Gasteiger partial charge is 0.321 e. The van der Waals surface area contributed by atoms with Crippen molar-refractivity contribution < 1.29 is 19.4 Å². The normalized spacial score (nSPS) is 11.8. The van der Waals surface area contributed by atoms with Crippen molar-refractivity contribution in [2.24, 2.45) is 0 Å². The fourth-order valence-electron chi connectivity index (χ4n) is 1.95. The summed E-state index contributed by atoms with van der Waals surface area (Å²) in [5.41, 5.74) is 0.407. The SMILES string of the molecule is CNCCCNC(CC(=O)Nc1cc(Cl)ccc1OC)C(=O)O. The molecule has 0 aliphatic heterocycles. The molecule has 0 heterocycles. The number of hydrogen-bond donors (Lipinski definition) is 4. The summed E-state index contributed by atoms with van der Waals surface area (Å²) < 4.78 is 5.13. The van der Waals surface area contributed by atoms with E-state index in [-0.39, 0.29) is 6.42 Å². The molecule has 0 bridgehead atoms. The van der Waals surface area contributed by atoms with Crippen LogP contribution in [0.3, 0.4) is 0 Å². The lowest BCUT2D eigenvalue weighted by molar-refractivity contribution is -0.141. The number of amides is 1. The Morgan fingerprint density at radius 2 is 2.09 bits per heavy atom. The second kappa shape index (κ2) is 10.0. The van der Waals surface area contributed by atoms with Crippen LogP contribution in [0.4, 0.5) is 5.69 Å². The number of carbonyl (C=O) groups is 2. The lowest BCUT2D eigenvalue weighted by Crippen LogP contribution is -2.40. The van der Waals surface area contributed by atoms with E-state index in [2.05, 4.69) is 16.0 Å². The Kier molecular flexibility index (Phi) is 8.39. The molecule has 0 aliphatic carbocycles. The van der Waals surface area contributed by atoms with E-state index in [1.54, 1.807) is 18.2 Å². The average molecular weight is 344 g/mol. The number of benzene rings is 1. The molecule has 23 heavy (non-hydrogen) atoms. The maximum absolute atomic E-state index is 12.1. The van der Waals surface area contributed by atoms with Crippen molar-refractivity contribution in [2.75, 3.05) is 32.6 Å². The molecule has 0 aromatic heterocycles. The lowest BCUT2D eigenvalue weighted by atomic mass is 10.2. The van der Waals surface area contributed by atoms with Gasteiger partial charge in [-0.1, -0.05) is 11.6 Å². The fraction of sp³-hybridized carbons (Fsp3) is 0.467. The molecule has 128 valence electrons. The van der Waals surface area contributed by atoms with Gasteiger partial charge in [0.05, 0.1) is 19.2 Å². The van der Waals surface area contributed by atoms with Crippen molar-refractivity contribution in [3.05, 3.63) is 23.2 Å². The topological polar surface area (TPSA) is 99.7 Å². The Balaban J connectivity index is 2.62.